The molecule has 3 aromatic rings. The van der Waals surface area contributed by atoms with E-state index in [1.165, 1.54) is 11.1 Å². The van der Waals surface area contributed by atoms with Crippen LogP contribution in [-0.4, -0.2) is 19.0 Å². The van der Waals surface area contributed by atoms with Crippen molar-refractivity contribution in [3.8, 4) is 5.75 Å². The second-order valence-electron chi connectivity index (χ2n) is 7.41. The fourth-order valence-corrected chi connectivity index (χ4v) is 3.66. The number of rotatable bonds is 7. The van der Waals surface area contributed by atoms with Gasteiger partial charge in [0.25, 0.3) is 5.91 Å². The lowest BCUT2D eigenvalue weighted by Crippen LogP contribution is -2.26. The zero-order valence-electron chi connectivity index (χ0n) is 17.9. The molecule has 152 valence electrons. The van der Waals surface area contributed by atoms with E-state index < -0.39 is 0 Å². The summed E-state index contributed by atoms with van der Waals surface area (Å²) in [5, 5.41) is 8.29. The minimum atomic E-state index is -0.232. The predicted octanol–water partition coefficient (Wildman–Crippen LogP) is 5.20. The third-order valence-corrected chi connectivity index (χ3v) is 5.14. The number of nitrogens with one attached hydrogen (secondary N) is 2. The van der Waals surface area contributed by atoms with E-state index in [0.717, 1.165) is 34.2 Å². The average molecular weight is 391 g/mol. The number of fused-ring (bicyclic) bond motifs is 1. The Morgan fingerprint density at radius 3 is 2.38 bits per heavy atom. The summed E-state index contributed by atoms with van der Waals surface area (Å²) in [5.41, 5.74) is 5.37. The van der Waals surface area contributed by atoms with Crippen molar-refractivity contribution in [1.82, 2.24) is 10.6 Å². The van der Waals surface area contributed by atoms with Crippen LogP contribution in [0.3, 0.4) is 0 Å². The molecule has 3 rings (SSSR count). The first kappa shape index (κ1) is 20.9. The molecule has 1 atom stereocenters. The molecule has 1 amide bonds. The van der Waals surface area contributed by atoms with Crippen molar-refractivity contribution < 1.29 is 9.53 Å². The number of carbonyl (C=O) groups is 1. The fourth-order valence-electron chi connectivity index (χ4n) is 3.66. The van der Waals surface area contributed by atoms with Gasteiger partial charge in [-0.05, 0) is 80.4 Å². The van der Waals surface area contributed by atoms with Gasteiger partial charge in [-0.2, -0.15) is 0 Å². The molecule has 0 saturated heterocycles. The highest BCUT2D eigenvalue weighted by atomic mass is 16.5. The van der Waals surface area contributed by atoms with Crippen molar-refractivity contribution in [2.75, 3.05) is 13.1 Å². The van der Waals surface area contributed by atoms with Gasteiger partial charge in [-0.1, -0.05) is 36.8 Å². The summed E-state index contributed by atoms with van der Waals surface area (Å²) in [7, 11) is 0. The average Bonchev–Trinajstić information content (AvgIpc) is 2.68. The molecule has 4 nitrogen and oxygen atoms in total. The molecule has 3 aromatic carbocycles. The van der Waals surface area contributed by atoms with Gasteiger partial charge in [0, 0.05) is 17.7 Å². The Morgan fingerprint density at radius 1 is 0.897 bits per heavy atom. The lowest BCUT2D eigenvalue weighted by Gasteiger charge is -2.23. The fraction of sp³-hybridized carbons (Fsp3) is 0.320. The minimum Gasteiger partial charge on any atom is -0.471 e. The van der Waals surface area contributed by atoms with Gasteiger partial charge in [0.15, 0.2) is 6.23 Å². The van der Waals surface area contributed by atoms with E-state index in [0.29, 0.717) is 12.1 Å². The van der Waals surface area contributed by atoms with Crippen LogP contribution < -0.4 is 15.4 Å². The Bertz CT molecular complexity index is 1030. The largest absolute Gasteiger partial charge is 0.471 e. The molecular formula is C25H30N2O2. The SMILES string of the molecule is CCNC(=O)c1ccc(C)c2cc(OC(NCC)c3ccc(C)cc3C)ccc12. The number of hydrogen-bond donors (Lipinski definition) is 2. The van der Waals surface area contributed by atoms with Crippen LogP contribution in [0.15, 0.2) is 48.5 Å². The predicted molar refractivity (Wildman–Crippen MR) is 120 cm³/mol. The number of aryl methyl sites for hydroxylation is 3. The van der Waals surface area contributed by atoms with Crippen molar-refractivity contribution >= 4 is 16.7 Å². The molecule has 0 heterocycles. The number of benzene rings is 3. The number of hydrogen-bond acceptors (Lipinski definition) is 3. The van der Waals surface area contributed by atoms with Gasteiger partial charge in [-0.25, -0.2) is 0 Å². The molecule has 29 heavy (non-hydrogen) atoms. The van der Waals surface area contributed by atoms with E-state index in [-0.39, 0.29) is 12.1 Å². The van der Waals surface area contributed by atoms with Crippen LogP contribution in [0.25, 0.3) is 10.8 Å². The summed E-state index contributed by atoms with van der Waals surface area (Å²) >= 11 is 0. The standard InChI is InChI=1S/C25H30N2O2/c1-6-26-24(28)22-12-9-17(4)23-15-19(10-13-21(22)23)29-25(27-7-2)20-11-8-16(3)14-18(20)5/h8-15,25,27H,6-7H2,1-5H3,(H,26,28). The van der Waals surface area contributed by atoms with Gasteiger partial charge in [0.05, 0.1) is 0 Å². The molecule has 0 bridgehead atoms. The van der Waals surface area contributed by atoms with Gasteiger partial charge in [-0.3, -0.25) is 10.1 Å². The highest BCUT2D eigenvalue weighted by molar-refractivity contribution is 6.08. The lowest BCUT2D eigenvalue weighted by atomic mass is 9.99. The van der Waals surface area contributed by atoms with Gasteiger partial charge >= 0.3 is 0 Å². The maximum absolute atomic E-state index is 12.4. The minimum absolute atomic E-state index is 0.0491. The first-order chi connectivity index (χ1) is 13.9. The molecule has 0 radical (unpaired) electrons. The van der Waals surface area contributed by atoms with Gasteiger partial charge < -0.3 is 10.1 Å². The summed E-state index contributed by atoms with van der Waals surface area (Å²) in [6, 6.07) is 16.2. The second kappa shape index (κ2) is 9.10. The number of ether oxygens (including phenoxy) is 1. The Kier molecular flexibility index (Phi) is 6.55. The zero-order chi connectivity index (χ0) is 21.0. The molecule has 2 N–H and O–H groups in total. The van der Waals surface area contributed by atoms with E-state index in [1.54, 1.807) is 0 Å². The van der Waals surface area contributed by atoms with E-state index in [9.17, 15) is 4.79 Å². The van der Waals surface area contributed by atoms with E-state index in [4.69, 9.17) is 4.74 Å². The van der Waals surface area contributed by atoms with Crippen LogP contribution in [0.5, 0.6) is 5.75 Å². The van der Waals surface area contributed by atoms with Gasteiger partial charge in [-0.15, -0.1) is 0 Å². The van der Waals surface area contributed by atoms with Gasteiger partial charge in [0.1, 0.15) is 5.75 Å². The maximum Gasteiger partial charge on any atom is 0.251 e. The van der Waals surface area contributed by atoms with E-state index in [2.05, 4.69) is 56.5 Å². The smallest absolute Gasteiger partial charge is 0.251 e. The highest BCUT2D eigenvalue weighted by Crippen LogP contribution is 2.30. The van der Waals surface area contributed by atoms with Crippen molar-refractivity contribution in [2.24, 2.45) is 0 Å². The van der Waals surface area contributed by atoms with Gasteiger partial charge in [0.2, 0.25) is 0 Å². The Balaban J connectivity index is 1.98. The molecular weight excluding hydrogens is 360 g/mol. The monoisotopic (exact) mass is 390 g/mol. The molecule has 0 aliphatic carbocycles. The van der Waals surface area contributed by atoms with Crippen molar-refractivity contribution in [3.63, 3.8) is 0 Å². The number of amides is 1. The third kappa shape index (κ3) is 4.60. The zero-order valence-corrected chi connectivity index (χ0v) is 17.9. The molecule has 0 aliphatic rings. The number of carbonyl (C=O) groups excluding carboxylic acids is 1. The van der Waals surface area contributed by atoms with Crippen LogP contribution in [-0.2, 0) is 0 Å². The first-order valence-corrected chi connectivity index (χ1v) is 10.2. The topological polar surface area (TPSA) is 50.4 Å². The quantitative estimate of drug-likeness (QED) is 0.545. The molecule has 0 aromatic heterocycles. The summed E-state index contributed by atoms with van der Waals surface area (Å²) in [6.07, 6.45) is -0.232. The summed E-state index contributed by atoms with van der Waals surface area (Å²) in [4.78, 5) is 12.4. The van der Waals surface area contributed by atoms with Crippen molar-refractivity contribution in [2.45, 2.75) is 40.8 Å². The van der Waals surface area contributed by atoms with Crippen LogP contribution >= 0.6 is 0 Å². The normalized spacial score (nSPS) is 12.0. The van der Waals surface area contributed by atoms with E-state index >= 15 is 0 Å². The van der Waals surface area contributed by atoms with Crippen LogP contribution in [0, 0.1) is 20.8 Å². The van der Waals surface area contributed by atoms with Crippen molar-refractivity contribution in [1.29, 1.82) is 0 Å². The summed E-state index contributed by atoms with van der Waals surface area (Å²) in [5.74, 6) is 0.728. The van der Waals surface area contributed by atoms with Crippen molar-refractivity contribution in [3.05, 3.63) is 76.3 Å². The third-order valence-electron chi connectivity index (χ3n) is 5.14. The van der Waals surface area contributed by atoms with E-state index in [1.807, 2.05) is 37.3 Å². The Hall–Kier alpha value is -2.85. The Morgan fingerprint density at radius 2 is 1.69 bits per heavy atom. The molecule has 0 fully saturated rings. The van der Waals surface area contributed by atoms with Crippen LogP contribution in [0.2, 0.25) is 0 Å². The Labute approximate surface area is 173 Å². The lowest BCUT2D eigenvalue weighted by molar-refractivity contribution is 0.0957. The molecule has 0 aliphatic heterocycles. The highest BCUT2D eigenvalue weighted by Gasteiger charge is 2.16. The maximum atomic E-state index is 12.4. The molecule has 0 saturated carbocycles. The summed E-state index contributed by atoms with van der Waals surface area (Å²) in [6.45, 7) is 11.7. The van der Waals surface area contributed by atoms with Crippen LogP contribution in [0.4, 0.5) is 0 Å². The molecule has 0 spiro atoms. The first-order valence-electron chi connectivity index (χ1n) is 10.2. The molecule has 1 unspecified atom stereocenters. The second-order valence-corrected chi connectivity index (χ2v) is 7.41. The summed E-state index contributed by atoms with van der Waals surface area (Å²) < 4.78 is 6.36. The molecule has 4 heteroatoms. The van der Waals surface area contributed by atoms with Crippen LogP contribution in [0.1, 0.15) is 52.7 Å².